The first-order chi connectivity index (χ1) is 7.49. The van der Waals surface area contributed by atoms with Crippen LogP contribution in [0.2, 0.25) is 0 Å². The molecule has 0 aliphatic rings. The van der Waals surface area contributed by atoms with Gasteiger partial charge in [-0.15, -0.1) is 0 Å². The minimum absolute atomic E-state index is 0.115. The van der Waals surface area contributed by atoms with Crippen LogP contribution in [0.25, 0.3) is 0 Å². The molecular weight excluding hydrogens is 200 g/mol. The second kappa shape index (κ2) is 5.54. The summed E-state index contributed by atoms with van der Waals surface area (Å²) in [7, 11) is 0. The first kappa shape index (κ1) is 12.6. The molecule has 0 heterocycles. The number of benzene rings is 1. The van der Waals surface area contributed by atoms with Crippen LogP contribution in [-0.4, -0.2) is 12.1 Å². The first-order valence-electron chi connectivity index (χ1n) is 5.59. The van der Waals surface area contributed by atoms with Crippen LogP contribution in [0.3, 0.4) is 0 Å². The highest BCUT2D eigenvalue weighted by Gasteiger charge is 2.03. The average Bonchev–Trinajstić information content (AvgIpc) is 2.18. The molecule has 2 amide bonds. The Bertz CT molecular complexity index is 372. The highest BCUT2D eigenvalue weighted by atomic mass is 16.2. The number of carbonyl (C=O) groups is 1. The maximum Gasteiger partial charge on any atom is 0.315 e. The van der Waals surface area contributed by atoms with Crippen molar-refractivity contribution in [1.29, 1.82) is 0 Å². The van der Waals surface area contributed by atoms with Crippen LogP contribution in [0.4, 0.5) is 4.79 Å². The van der Waals surface area contributed by atoms with Crippen molar-refractivity contribution in [3.8, 4) is 0 Å². The number of amides is 2. The van der Waals surface area contributed by atoms with E-state index in [-0.39, 0.29) is 12.1 Å². The van der Waals surface area contributed by atoms with Gasteiger partial charge in [0.1, 0.15) is 0 Å². The number of urea groups is 1. The molecule has 0 radical (unpaired) electrons. The SMILES string of the molecule is Cc1ccc(C)c(CNC(=O)NC(C)C)c1. The van der Waals surface area contributed by atoms with E-state index in [1.807, 2.05) is 13.8 Å². The molecule has 2 N–H and O–H groups in total. The summed E-state index contributed by atoms with van der Waals surface area (Å²) in [6.07, 6.45) is 0. The molecule has 0 saturated carbocycles. The van der Waals surface area contributed by atoms with Crippen molar-refractivity contribution in [1.82, 2.24) is 10.6 Å². The standard InChI is InChI=1S/C13H20N2O/c1-9(2)15-13(16)14-8-12-7-10(3)5-6-11(12)4/h5-7,9H,8H2,1-4H3,(H2,14,15,16). The predicted molar refractivity (Wildman–Crippen MR) is 66.4 cm³/mol. The second-order valence-corrected chi connectivity index (χ2v) is 4.41. The highest BCUT2D eigenvalue weighted by Crippen LogP contribution is 2.09. The van der Waals surface area contributed by atoms with Gasteiger partial charge in [0.2, 0.25) is 0 Å². The number of hydrogen-bond donors (Lipinski definition) is 2. The van der Waals surface area contributed by atoms with Crippen molar-refractivity contribution in [3.05, 3.63) is 34.9 Å². The molecule has 0 aromatic heterocycles. The van der Waals surface area contributed by atoms with Gasteiger partial charge in [-0.2, -0.15) is 0 Å². The molecule has 0 saturated heterocycles. The van der Waals surface area contributed by atoms with Gasteiger partial charge in [-0.3, -0.25) is 0 Å². The predicted octanol–water partition coefficient (Wildman–Crippen LogP) is 2.51. The minimum atomic E-state index is -0.115. The van der Waals surface area contributed by atoms with Gasteiger partial charge >= 0.3 is 6.03 Å². The summed E-state index contributed by atoms with van der Waals surface area (Å²) in [6.45, 7) is 8.56. The molecule has 3 heteroatoms. The van der Waals surface area contributed by atoms with Crippen LogP contribution in [0.5, 0.6) is 0 Å². The summed E-state index contributed by atoms with van der Waals surface area (Å²) in [5.41, 5.74) is 3.58. The van der Waals surface area contributed by atoms with Crippen LogP contribution >= 0.6 is 0 Å². The second-order valence-electron chi connectivity index (χ2n) is 4.41. The summed E-state index contributed by atoms with van der Waals surface area (Å²) in [6, 6.07) is 6.31. The fraction of sp³-hybridized carbons (Fsp3) is 0.462. The van der Waals surface area contributed by atoms with Gasteiger partial charge in [0.15, 0.2) is 0 Å². The van der Waals surface area contributed by atoms with Gasteiger partial charge in [0, 0.05) is 12.6 Å². The smallest absolute Gasteiger partial charge is 0.315 e. The molecule has 1 aromatic carbocycles. The van der Waals surface area contributed by atoms with E-state index in [0.29, 0.717) is 6.54 Å². The molecule has 0 bridgehead atoms. The van der Waals surface area contributed by atoms with E-state index in [9.17, 15) is 4.79 Å². The number of rotatable bonds is 3. The van der Waals surface area contributed by atoms with E-state index >= 15 is 0 Å². The highest BCUT2D eigenvalue weighted by molar-refractivity contribution is 5.74. The van der Waals surface area contributed by atoms with E-state index in [2.05, 4.69) is 42.7 Å². The van der Waals surface area contributed by atoms with Gasteiger partial charge in [-0.25, -0.2) is 4.79 Å². The third-order valence-corrected chi connectivity index (χ3v) is 2.36. The summed E-state index contributed by atoms with van der Waals surface area (Å²) in [5, 5.41) is 5.65. The molecule has 0 fully saturated rings. The van der Waals surface area contributed by atoms with Crippen LogP contribution in [0.1, 0.15) is 30.5 Å². The van der Waals surface area contributed by atoms with Gasteiger partial charge in [-0.1, -0.05) is 23.8 Å². The van der Waals surface area contributed by atoms with Crippen molar-refractivity contribution in [3.63, 3.8) is 0 Å². The molecular formula is C13H20N2O. The van der Waals surface area contributed by atoms with Crippen molar-refractivity contribution in [2.24, 2.45) is 0 Å². The number of aryl methyl sites for hydroxylation is 2. The average molecular weight is 220 g/mol. The minimum Gasteiger partial charge on any atom is -0.336 e. The van der Waals surface area contributed by atoms with Crippen LogP contribution in [0.15, 0.2) is 18.2 Å². The first-order valence-corrected chi connectivity index (χ1v) is 5.59. The van der Waals surface area contributed by atoms with E-state index in [0.717, 1.165) is 0 Å². The Morgan fingerprint density at radius 1 is 1.31 bits per heavy atom. The zero-order valence-corrected chi connectivity index (χ0v) is 10.4. The maximum absolute atomic E-state index is 11.4. The normalized spacial score (nSPS) is 10.3. The third kappa shape index (κ3) is 3.93. The molecule has 0 spiro atoms. The Balaban J connectivity index is 2.54. The Hall–Kier alpha value is -1.51. The van der Waals surface area contributed by atoms with Gasteiger partial charge in [0.25, 0.3) is 0 Å². The lowest BCUT2D eigenvalue weighted by atomic mass is 10.1. The van der Waals surface area contributed by atoms with Gasteiger partial charge < -0.3 is 10.6 Å². The van der Waals surface area contributed by atoms with Crippen molar-refractivity contribution in [2.45, 2.75) is 40.3 Å². The number of carbonyl (C=O) groups excluding carboxylic acids is 1. The van der Waals surface area contributed by atoms with E-state index < -0.39 is 0 Å². The van der Waals surface area contributed by atoms with E-state index in [1.54, 1.807) is 0 Å². The Kier molecular flexibility index (Phi) is 4.35. The lowest BCUT2D eigenvalue weighted by molar-refractivity contribution is 0.238. The lowest BCUT2D eigenvalue weighted by Gasteiger charge is -2.11. The fourth-order valence-electron chi connectivity index (χ4n) is 1.48. The molecule has 16 heavy (non-hydrogen) atoms. The van der Waals surface area contributed by atoms with Gasteiger partial charge in [-0.05, 0) is 38.8 Å². The molecule has 1 aromatic rings. The monoisotopic (exact) mass is 220 g/mol. The van der Waals surface area contributed by atoms with Gasteiger partial charge in [0.05, 0.1) is 0 Å². The van der Waals surface area contributed by atoms with Crippen LogP contribution in [0, 0.1) is 13.8 Å². The Morgan fingerprint density at radius 3 is 2.62 bits per heavy atom. The molecule has 0 unspecified atom stereocenters. The zero-order chi connectivity index (χ0) is 12.1. The zero-order valence-electron chi connectivity index (χ0n) is 10.4. The molecule has 0 aliphatic carbocycles. The lowest BCUT2D eigenvalue weighted by Crippen LogP contribution is -2.39. The summed E-state index contributed by atoms with van der Waals surface area (Å²) < 4.78 is 0. The maximum atomic E-state index is 11.4. The fourth-order valence-corrected chi connectivity index (χ4v) is 1.48. The molecule has 0 atom stereocenters. The van der Waals surface area contributed by atoms with E-state index in [1.165, 1.54) is 16.7 Å². The topological polar surface area (TPSA) is 41.1 Å². The van der Waals surface area contributed by atoms with E-state index in [4.69, 9.17) is 0 Å². The molecule has 0 aliphatic heterocycles. The van der Waals surface area contributed by atoms with Crippen LogP contribution < -0.4 is 10.6 Å². The summed E-state index contributed by atoms with van der Waals surface area (Å²) in [5.74, 6) is 0. The summed E-state index contributed by atoms with van der Waals surface area (Å²) >= 11 is 0. The third-order valence-electron chi connectivity index (χ3n) is 2.36. The van der Waals surface area contributed by atoms with Crippen molar-refractivity contribution < 1.29 is 4.79 Å². The summed E-state index contributed by atoms with van der Waals surface area (Å²) in [4.78, 5) is 11.4. The number of hydrogen-bond acceptors (Lipinski definition) is 1. The molecule has 3 nitrogen and oxygen atoms in total. The largest absolute Gasteiger partial charge is 0.336 e. The molecule has 1 rings (SSSR count). The van der Waals surface area contributed by atoms with Crippen molar-refractivity contribution in [2.75, 3.05) is 0 Å². The number of nitrogens with one attached hydrogen (secondary N) is 2. The van der Waals surface area contributed by atoms with Crippen LogP contribution in [-0.2, 0) is 6.54 Å². The Morgan fingerprint density at radius 2 is 2.00 bits per heavy atom. The quantitative estimate of drug-likeness (QED) is 0.807. The molecule has 88 valence electrons. The Labute approximate surface area is 97.2 Å². The van der Waals surface area contributed by atoms with Crippen molar-refractivity contribution >= 4 is 6.03 Å².